The lowest BCUT2D eigenvalue weighted by atomic mass is 10.0. The molecular formula is C12H21N3O4. The van der Waals surface area contributed by atoms with Crippen molar-refractivity contribution in [3.63, 3.8) is 0 Å². The van der Waals surface area contributed by atoms with E-state index in [0.29, 0.717) is 19.4 Å². The van der Waals surface area contributed by atoms with E-state index in [9.17, 15) is 14.4 Å². The average molecular weight is 271 g/mol. The van der Waals surface area contributed by atoms with Crippen LogP contribution in [0.3, 0.4) is 0 Å². The second-order valence-corrected chi connectivity index (χ2v) is 5.02. The van der Waals surface area contributed by atoms with Crippen LogP contribution in [0.2, 0.25) is 0 Å². The summed E-state index contributed by atoms with van der Waals surface area (Å²) in [6.45, 7) is 3.81. The second-order valence-electron chi connectivity index (χ2n) is 5.02. The van der Waals surface area contributed by atoms with Gasteiger partial charge in [0.25, 0.3) is 0 Å². The highest BCUT2D eigenvalue weighted by Crippen LogP contribution is 2.20. The van der Waals surface area contributed by atoms with E-state index in [1.807, 2.05) is 0 Å². The summed E-state index contributed by atoms with van der Waals surface area (Å²) in [4.78, 5) is 36.1. The van der Waals surface area contributed by atoms with Gasteiger partial charge in [0, 0.05) is 6.54 Å². The van der Waals surface area contributed by atoms with Gasteiger partial charge in [0.2, 0.25) is 11.8 Å². The van der Waals surface area contributed by atoms with Gasteiger partial charge in [0.1, 0.15) is 12.1 Å². The van der Waals surface area contributed by atoms with Crippen molar-refractivity contribution in [3.8, 4) is 0 Å². The van der Waals surface area contributed by atoms with Gasteiger partial charge in [-0.05, 0) is 18.8 Å². The van der Waals surface area contributed by atoms with Crippen molar-refractivity contribution in [2.24, 2.45) is 11.7 Å². The van der Waals surface area contributed by atoms with E-state index >= 15 is 0 Å². The van der Waals surface area contributed by atoms with Crippen LogP contribution in [-0.4, -0.2) is 53.0 Å². The van der Waals surface area contributed by atoms with Crippen LogP contribution in [0, 0.1) is 5.92 Å². The minimum absolute atomic E-state index is 0.127. The number of nitrogens with zero attached hydrogens (tertiary/aromatic N) is 1. The molecule has 7 nitrogen and oxygen atoms in total. The van der Waals surface area contributed by atoms with E-state index in [2.05, 4.69) is 5.32 Å². The number of nitrogens with two attached hydrogens (primary N) is 1. The van der Waals surface area contributed by atoms with Gasteiger partial charge in [-0.3, -0.25) is 9.59 Å². The van der Waals surface area contributed by atoms with Crippen LogP contribution in [0.4, 0.5) is 0 Å². The molecule has 1 saturated heterocycles. The molecule has 1 heterocycles. The van der Waals surface area contributed by atoms with Gasteiger partial charge in [-0.15, -0.1) is 0 Å². The highest BCUT2D eigenvalue weighted by atomic mass is 16.4. The zero-order valence-corrected chi connectivity index (χ0v) is 11.3. The molecule has 0 bridgehead atoms. The summed E-state index contributed by atoms with van der Waals surface area (Å²) in [5.74, 6) is -1.89. The summed E-state index contributed by atoms with van der Waals surface area (Å²) in [6.07, 6.45) is 1.12. The van der Waals surface area contributed by atoms with Crippen molar-refractivity contribution in [2.75, 3.05) is 13.1 Å². The number of carboxylic acids is 1. The van der Waals surface area contributed by atoms with Gasteiger partial charge in [-0.1, -0.05) is 13.8 Å². The third-order valence-corrected chi connectivity index (χ3v) is 3.26. The molecule has 0 aromatic heterocycles. The molecule has 108 valence electrons. The molecule has 0 unspecified atom stereocenters. The molecule has 1 aliphatic heterocycles. The van der Waals surface area contributed by atoms with Crippen molar-refractivity contribution < 1.29 is 19.5 Å². The maximum absolute atomic E-state index is 12.4. The van der Waals surface area contributed by atoms with E-state index in [-0.39, 0.29) is 18.4 Å². The van der Waals surface area contributed by atoms with Crippen LogP contribution < -0.4 is 11.1 Å². The van der Waals surface area contributed by atoms with Crippen molar-refractivity contribution in [1.82, 2.24) is 10.2 Å². The third kappa shape index (κ3) is 3.66. The average Bonchev–Trinajstić information content (AvgIpc) is 2.83. The highest BCUT2D eigenvalue weighted by molar-refractivity contribution is 5.91. The Balaban J connectivity index is 2.81. The summed E-state index contributed by atoms with van der Waals surface area (Å²) >= 11 is 0. The van der Waals surface area contributed by atoms with Crippen LogP contribution in [-0.2, 0) is 14.4 Å². The first kappa shape index (κ1) is 15.4. The Morgan fingerprint density at radius 1 is 1.42 bits per heavy atom. The second kappa shape index (κ2) is 6.51. The zero-order chi connectivity index (χ0) is 14.6. The SMILES string of the molecule is CC(C)[C@H](NC(=O)CN)C(=O)N1CCC[C@@H]1C(=O)O. The molecule has 7 heteroatoms. The summed E-state index contributed by atoms with van der Waals surface area (Å²) in [5, 5.41) is 11.6. The molecule has 0 aliphatic carbocycles. The van der Waals surface area contributed by atoms with Gasteiger partial charge in [-0.25, -0.2) is 4.79 Å². The number of rotatable bonds is 5. The first-order chi connectivity index (χ1) is 8.88. The zero-order valence-electron chi connectivity index (χ0n) is 11.3. The summed E-state index contributed by atoms with van der Waals surface area (Å²) in [6, 6.07) is -1.51. The van der Waals surface area contributed by atoms with Crippen molar-refractivity contribution in [2.45, 2.75) is 38.8 Å². The predicted octanol–water partition coefficient (Wildman–Crippen LogP) is -0.838. The fraction of sp³-hybridized carbons (Fsp3) is 0.750. The Labute approximate surface area is 112 Å². The molecule has 0 spiro atoms. The standard InChI is InChI=1S/C12H21N3O4/c1-7(2)10(14-9(16)6-13)11(17)15-5-3-4-8(15)12(18)19/h7-8,10H,3-6,13H2,1-2H3,(H,14,16)(H,18,19)/t8-,10+/m1/s1. The van der Waals surface area contributed by atoms with Gasteiger partial charge < -0.3 is 21.1 Å². The Morgan fingerprint density at radius 2 is 2.05 bits per heavy atom. The molecular weight excluding hydrogens is 250 g/mol. The number of carboxylic acid groups (broad SMARTS) is 1. The van der Waals surface area contributed by atoms with Gasteiger partial charge >= 0.3 is 5.97 Å². The highest BCUT2D eigenvalue weighted by Gasteiger charge is 2.38. The number of carbonyl (C=O) groups excluding carboxylic acids is 2. The van der Waals surface area contributed by atoms with Crippen LogP contribution in [0.1, 0.15) is 26.7 Å². The van der Waals surface area contributed by atoms with Gasteiger partial charge in [0.15, 0.2) is 0 Å². The first-order valence-electron chi connectivity index (χ1n) is 6.41. The number of hydrogen-bond acceptors (Lipinski definition) is 4. The van der Waals surface area contributed by atoms with Crippen molar-refractivity contribution in [3.05, 3.63) is 0 Å². The molecule has 2 atom stereocenters. The number of carbonyl (C=O) groups is 3. The molecule has 4 N–H and O–H groups in total. The molecule has 2 amide bonds. The maximum atomic E-state index is 12.4. The monoisotopic (exact) mass is 271 g/mol. The van der Waals surface area contributed by atoms with E-state index in [4.69, 9.17) is 10.8 Å². The van der Waals surface area contributed by atoms with Crippen molar-refractivity contribution >= 4 is 17.8 Å². The predicted molar refractivity (Wildman–Crippen MR) is 68.2 cm³/mol. The molecule has 0 saturated carbocycles. The fourth-order valence-corrected chi connectivity index (χ4v) is 2.21. The smallest absolute Gasteiger partial charge is 0.326 e. The van der Waals surface area contributed by atoms with Crippen LogP contribution in [0.5, 0.6) is 0 Å². The van der Waals surface area contributed by atoms with Gasteiger partial charge in [0.05, 0.1) is 6.54 Å². The number of amides is 2. The Bertz CT molecular complexity index is 370. The fourth-order valence-electron chi connectivity index (χ4n) is 2.21. The minimum Gasteiger partial charge on any atom is -0.480 e. The number of aliphatic carboxylic acids is 1. The third-order valence-electron chi connectivity index (χ3n) is 3.26. The van der Waals surface area contributed by atoms with Crippen LogP contribution >= 0.6 is 0 Å². The molecule has 0 radical (unpaired) electrons. The van der Waals surface area contributed by atoms with E-state index in [1.165, 1.54) is 4.90 Å². The lowest BCUT2D eigenvalue weighted by molar-refractivity contribution is -0.149. The Kier molecular flexibility index (Phi) is 5.29. The molecule has 19 heavy (non-hydrogen) atoms. The quantitative estimate of drug-likeness (QED) is 0.603. The van der Waals surface area contributed by atoms with E-state index < -0.39 is 24.0 Å². The number of likely N-dealkylation sites (tertiary alicyclic amines) is 1. The van der Waals surface area contributed by atoms with Crippen LogP contribution in [0.15, 0.2) is 0 Å². The first-order valence-corrected chi connectivity index (χ1v) is 6.41. The Morgan fingerprint density at radius 3 is 2.53 bits per heavy atom. The molecule has 1 fully saturated rings. The lowest BCUT2D eigenvalue weighted by Crippen LogP contribution is -2.54. The maximum Gasteiger partial charge on any atom is 0.326 e. The van der Waals surface area contributed by atoms with Gasteiger partial charge in [-0.2, -0.15) is 0 Å². The summed E-state index contributed by atoms with van der Waals surface area (Å²) < 4.78 is 0. The molecule has 1 aliphatic rings. The summed E-state index contributed by atoms with van der Waals surface area (Å²) in [5.41, 5.74) is 5.22. The largest absolute Gasteiger partial charge is 0.480 e. The molecule has 0 aromatic carbocycles. The number of hydrogen-bond donors (Lipinski definition) is 3. The van der Waals surface area contributed by atoms with Crippen LogP contribution in [0.25, 0.3) is 0 Å². The number of nitrogens with one attached hydrogen (secondary N) is 1. The lowest BCUT2D eigenvalue weighted by Gasteiger charge is -2.29. The van der Waals surface area contributed by atoms with E-state index in [1.54, 1.807) is 13.8 Å². The Hall–Kier alpha value is -1.63. The van der Waals surface area contributed by atoms with Crippen molar-refractivity contribution in [1.29, 1.82) is 0 Å². The molecule has 0 aromatic rings. The molecule has 1 rings (SSSR count). The topological polar surface area (TPSA) is 113 Å². The minimum atomic E-state index is -1.00. The normalized spacial score (nSPS) is 20.4. The summed E-state index contributed by atoms with van der Waals surface area (Å²) in [7, 11) is 0. The van der Waals surface area contributed by atoms with E-state index in [0.717, 1.165) is 0 Å².